The molecule has 6 heteroatoms. The molecule has 0 aliphatic carbocycles. The maximum absolute atomic E-state index is 11.5. The molecule has 0 bridgehead atoms. The standard InChI is InChI=1S/C10H19NO5/c1-8(2,3)6(12)11-10(15,16)9(4,5)7(13)14/h15-16H,1-5H3,(H,11,12)(H,13,14). The largest absolute Gasteiger partial charge is 0.481 e. The van der Waals surface area contributed by atoms with E-state index in [0.29, 0.717) is 0 Å². The maximum atomic E-state index is 11.5. The zero-order valence-electron chi connectivity index (χ0n) is 10.2. The van der Waals surface area contributed by atoms with Crippen molar-refractivity contribution >= 4 is 11.9 Å². The van der Waals surface area contributed by atoms with Gasteiger partial charge in [-0.1, -0.05) is 20.8 Å². The molecule has 1 amide bonds. The predicted octanol–water partition coefficient (Wildman–Crippen LogP) is -0.102. The lowest BCUT2D eigenvalue weighted by Gasteiger charge is -2.36. The van der Waals surface area contributed by atoms with E-state index < -0.39 is 28.6 Å². The molecule has 0 atom stereocenters. The summed E-state index contributed by atoms with van der Waals surface area (Å²) in [7, 11) is 0. The predicted molar refractivity (Wildman–Crippen MR) is 56.2 cm³/mol. The van der Waals surface area contributed by atoms with E-state index in [1.54, 1.807) is 20.8 Å². The van der Waals surface area contributed by atoms with Crippen molar-refractivity contribution in [3.63, 3.8) is 0 Å². The van der Waals surface area contributed by atoms with Crippen LogP contribution in [0.1, 0.15) is 34.6 Å². The smallest absolute Gasteiger partial charge is 0.316 e. The zero-order chi connectivity index (χ0) is 13.4. The van der Waals surface area contributed by atoms with E-state index in [9.17, 15) is 19.8 Å². The number of aliphatic hydroxyl groups is 2. The van der Waals surface area contributed by atoms with Gasteiger partial charge in [0.05, 0.1) is 0 Å². The molecule has 0 radical (unpaired) electrons. The Balaban J connectivity index is 4.97. The van der Waals surface area contributed by atoms with Crippen LogP contribution in [0.5, 0.6) is 0 Å². The molecule has 6 nitrogen and oxygen atoms in total. The van der Waals surface area contributed by atoms with Gasteiger partial charge in [-0.3, -0.25) is 9.59 Å². The lowest BCUT2D eigenvalue weighted by Crippen LogP contribution is -2.62. The van der Waals surface area contributed by atoms with E-state index >= 15 is 0 Å². The fourth-order valence-corrected chi connectivity index (χ4v) is 0.651. The first-order valence-electron chi connectivity index (χ1n) is 4.83. The summed E-state index contributed by atoms with van der Waals surface area (Å²) in [5.41, 5.74) is -2.75. The third-order valence-corrected chi connectivity index (χ3v) is 2.38. The van der Waals surface area contributed by atoms with Crippen molar-refractivity contribution in [1.29, 1.82) is 0 Å². The Morgan fingerprint density at radius 3 is 1.62 bits per heavy atom. The average Bonchev–Trinajstić information content (AvgIpc) is 2.00. The topological polar surface area (TPSA) is 107 Å². The highest BCUT2D eigenvalue weighted by Crippen LogP contribution is 2.28. The van der Waals surface area contributed by atoms with Crippen LogP contribution < -0.4 is 5.32 Å². The van der Waals surface area contributed by atoms with Gasteiger partial charge in [0, 0.05) is 5.41 Å². The van der Waals surface area contributed by atoms with Crippen LogP contribution in [0.2, 0.25) is 0 Å². The first-order valence-corrected chi connectivity index (χ1v) is 4.83. The van der Waals surface area contributed by atoms with E-state index in [4.69, 9.17) is 5.11 Å². The van der Waals surface area contributed by atoms with E-state index in [0.717, 1.165) is 13.8 Å². The van der Waals surface area contributed by atoms with Crippen LogP contribution in [0.25, 0.3) is 0 Å². The monoisotopic (exact) mass is 233 g/mol. The number of hydrogen-bond donors (Lipinski definition) is 4. The number of aliphatic carboxylic acids is 1. The number of carbonyl (C=O) groups is 2. The van der Waals surface area contributed by atoms with Crippen LogP contribution in [-0.4, -0.2) is 33.1 Å². The molecule has 0 fully saturated rings. The molecule has 0 saturated heterocycles. The number of amides is 1. The molecule has 0 heterocycles. The molecule has 0 aromatic rings. The molecule has 94 valence electrons. The van der Waals surface area contributed by atoms with Crippen molar-refractivity contribution in [2.24, 2.45) is 10.8 Å². The SMILES string of the molecule is CC(C)(C)C(=O)NC(O)(O)C(C)(C)C(=O)O. The molecule has 0 aromatic heterocycles. The van der Waals surface area contributed by atoms with Gasteiger partial charge in [0.25, 0.3) is 5.91 Å². The van der Waals surface area contributed by atoms with Crippen molar-refractivity contribution in [3.05, 3.63) is 0 Å². The number of carboxylic acids is 1. The van der Waals surface area contributed by atoms with Crippen LogP contribution in [0.3, 0.4) is 0 Å². The summed E-state index contributed by atoms with van der Waals surface area (Å²) in [6.45, 7) is 6.95. The number of carboxylic acid groups (broad SMARTS) is 1. The van der Waals surface area contributed by atoms with Gasteiger partial charge in [-0.05, 0) is 13.8 Å². The van der Waals surface area contributed by atoms with E-state index in [1.807, 2.05) is 5.32 Å². The summed E-state index contributed by atoms with van der Waals surface area (Å²) in [5.74, 6) is -4.87. The Morgan fingerprint density at radius 2 is 1.38 bits per heavy atom. The molecule has 0 aliphatic heterocycles. The van der Waals surface area contributed by atoms with Gasteiger partial charge in [-0.2, -0.15) is 0 Å². The summed E-state index contributed by atoms with van der Waals surface area (Å²) in [5, 5.41) is 29.9. The molecule has 0 rings (SSSR count). The van der Waals surface area contributed by atoms with E-state index in [-0.39, 0.29) is 0 Å². The minimum Gasteiger partial charge on any atom is -0.481 e. The lowest BCUT2D eigenvalue weighted by atomic mass is 9.87. The van der Waals surface area contributed by atoms with Crippen LogP contribution in [-0.2, 0) is 9.59 Å². The number of rotatable bonds is 3. The Kier molecular flexibility index (Phi) is 3.74. The number of hydrogen-bond acceptors (Lipinski definition) is 4. The molecule has 16 heavy (non-hydrogen) atoms. The summed E-state index contributed by atoms with van der Waals surface area (Å²) in [6.07, 6.45) is 0. The lowest BCUT2D eigenvalue weighted by molar-refractivity contribution is -0.254. The molecule has 0 aliphatic rings. The minimum atomic E-state index is -2.80. The highest BCUT2D eigenvalue weighted by atomic mass is 16.5. The third kappa shape index (κ3) is 2.93. The Labute approximate surface area is 94.3 Å². The van der Waals surface area contributed by atoms with Gasteiger partial charge in [-0.25, -0.2) is 0 Å². The van der Waals surface area contributed by atoms with Crippen LogP contribution in [0, 0.1) is 10.8 Å². The second-order valence-corrected chi connectivity index (χ2v) is 5.31. The fraction of sp³-hybridized carbons (Fsp3) is 0.800. The van der Waals surface area contributed by atoms with Crippen LogP contribution >= 0.6 is 0 Å². The van der Waals surface area contributed by atoms with Crippen molar-refractivity contribution in [2.45, 2.75) is 40.5 Å². The maximum Gasteiger partial charge on any atom is 0.316 e. The fourth-order valence-electron chi connectivity index (χ4n) is 0.651. The van der Waals surface area contributed by atoms with E-state index in [1.165, 1.54) is 0 Å². The first-order chi connectivity index (χ1) is 6.82. The molecule has 0 saturated carbocycles. The number of carbonyl (C=O) groups excluding carboxylic acids is 1. The second kappa shape index (κ2) is 4.03. The third-order valence-electron chi connectivity index (χ3n) is 2.38. The molecule has 0 unspecified atom stereocenters. The summed E-state index contributed by atoms with van der Waals surface area (Å²) in [4.78, 5) is 22.4. The van der Waals surface area contributed by atoms with Crippen LogP contribution in [0.15, 0.2) is 0 Å². The summed E-state index contributed by atoms with van der Waals surface area (Å²) in [6, 6.07) is 0. The summed E-state index contributed by atoms with van der Waals surface area (Å²) < 4.78 is 0. The quantitative estimate of drug-likeness (QED) is 0.509. The van der Waals surface area contributed by atoms with Gasteiger partial charge < -0.3 is 20.6 Å². The van der Waals surface area contributed by atoms with Crippen molar-refractivity contribution in [2.75, 3.05) is 0 Å². The number of nitrogens with one attached hydrogen (secondary N) is 1. The van der Waals surface area contributed by atoms with Gasteiger partial charge in [0.2, 0.25) is 5.91 Å². The Morgan fingerprint density at radius 1 is 1.00 bits per heavy atom. The average molecular weight is 233 g/mol. The normalized spacial score (nSPS) is 13.4. The highest BCUT2D eigenvalue weighted by Gasteiger charge is 2.50. The molecular weight excluding hydrogens is 214 g/mol. The minimum absolute atomic E-state index is 0.646. The van der Waals surface area contributed by atoms with Gasteiger partial charge in [0.15, 0.2) is 0 Å². The second-order valence-electron chi connectivity index (χ2n) is 5.31. The van der Waals surface area contributed by atoms with Crippen molar-refractivity contribution in [1.82, 2.24) is 5.32 Å². The zero-order valence-corrected chi connectivity index (χ0v) is 10.2. The van der Waals surface area contributed by atoms with Gasteiger partial charge in [0.1, 0.15) is 5.41 Å². The molecule has 0 aromatic carbocycles. The summed E-state index contributed by atoms with van der Waals surface area (Å²) >= 11 is 0. The molecule has 4 N–H and O–H groups in total. The van der Waals surface area contributed by atoms with Crippen LogP contribution in [0.4, 0.5) is 0 Å². The molecular formula is C10H19NO5. The van der Waals surface area contributed by atoms with Gasteiger partial charge >= 0.3 is 5.97 Å². The van der Waals surface area contributed by atoms with Crippen molar-refractivity contribution in [3.8, 4) is 0 Å². The Hall–Kier alpha value is -1.14. The van der Waals surface area contributed by atoms with E-state index in [2.05, 4.69) is 0 Å². The van der Waals surface area contributed by atoms with Gasteiger partial charge in [-0.15, -0.1) is 0 Å². The first kappa shape index (κ1) is 14.9. The van der Waals surface area contributed by atoms with Crippen molar-refractivity contribution < 1.29 is 24.9 Å². The molecule has 0 spiro atoms. The Bertz CT molecular complexity index is 301. The highest BCUT2D eigenvalue weighted by molar-refractivity contribution is 5.83.